The number of allylic oxidation sites excluding steroid dienone is 2. The summed E-state index contributed by atoms with van der Waals surface area (Å²) < 4.78 is 0. The Labute approximate surface area is 133 Å². The SMILES string of the molecule is C#CC(C)(O)CCCC(C)CC/C=C(/C)CCCC(C)C. The number of aliphatic hydroxyl groups is 1. The van der Waals surface area contributed by atoms with Crippen LogP contribution in [0.4, 0.5) is 0 Å². The first-order valence-corrected chi connectivity index (χ1v) is 8.62. The van der Waals surface area contributed by atoms with Crippen LogP contribution in [-0.2, 0) is 0 Å². The van der Waals surface area contributed by atoms with E-state index in [-0.39, 0.29) is 0 Å². The van der Waals surface area contributed by atoms with Gasteiger partial charge in [-0.3, -0.25) is 0 Å². The highest BCUT2D eigenvalue weighted by Crippen LogP contribution is 2.20. The van der Waals surface area contributed by atoms with E-state index >= 15 is 0 Å². The molecule has 0 amide bonds. The van der Waals surface area contributed by atoms with Crippen LogP contribution in [0.1, 0.15) is 86.0 Å². The van der Waals surface area contributed by atoms with E-state index in [1.165, 1.54) is 37.7 Å². The van der Waals surface area contributed by atoms with E-state index in [0.717, 1.165) is 18.8 Å². The van der Waals surface area contributed by atoms with Crippen molar-refractivity contribution in [3.05, 3.63) is 11.6 Å². The summed E-state index contributed by atoms with van der Waals surface area (Å²) in [4.78, 5) is 0. The van der Waals surface area contributed by atoms with E-state index in [9.17, 15) is 5.11 Å². The van der Waals surface area contributed by atoms with E-state index in [1.54, 1.807) is 6.92 Å². The maximum absolute atomic E-state index is 9.76. The largest absolute Gasteiger partial charge is 0.378 e. The van der Waals surface area contributed by atoms with Crippen LogP contribution in [0.25, 0.3) is 0 Å². The van der Waals surface area contributed by atoms with Crippen molar-refractivity contribution in [2.24, 2.45) is 11.8 Å². The third kappa shape index (κ3) is 12.7. The lowest BCUT2D eigenvalue weighted by Gasteiger charge is -2.17. The van der Waals surface area contributed by atoms with Gasteiger partial charge < -0.3 is 5.11 Å². The molecule has 0 aliphatic heterocycles. The molecule has 2 unspecified atom stereocenters. The predicted molar refractivity (Wildman–Crippen MR) is 94.2 cm³/mol. The Morgan fingerprint density at radius 1 is 1.19 bits per heavy atom. The fourth-order valence-electron chi connectivity index (χ4n) is 2.52. The molecule has 1 N–H and O–H groups in total. The van der Waals surface area contributed by atoms with Crippen LogP contribution in [0.3, 0.4) is 0 Å². The number of hydrogen-bond donors (Lipinski definition) is 1. The Morgan fingerprint density at radius 3 is 2.43 bits per heavy atom. The first-order chi connectivity index (χ1) is 9.76. The molecule has 0 fully saturated rings. The summed E-state index contributed by atoms with van der Waals surface area (Å²) in [7, 11) is 0. The van der Waals surface area contributed by atoms with Crippen LogP contribution in [0.5, 0.6) is 0 Å². The molecule has 2 atom stereocenters. The lowest BCUT2D eigenvalue weighted by Crippen LogP contribution is -2.20. The molecule has 0 heterocycles. The van der Waals surface area contributed by atoms with E-state index in [0.29, 0.717) is 12.3 Å². The highest BCUT2D eigenvalue weighted by Gasteiger charge is 2.15. The van der Waals surface area contributed by atoms with Crippen LogP contribution in [-0.4, -0.2) is 10.7 Å². The van der Waals surface area contributed by atoms with E-state index in [4.69, 9.17) is 6.42 Å². The van der Waals surface area contributed by atoms with Crippen molar-refractivity contribution in [3.63, 3.8) is 0 Å². The van der Waals surface area contributed by atoms with Gasteiger partial charge in [-0.25, -0.2) is 0 Å². The van der Waals surface area contributed by atoms with Crippen LogP contribution in [0.15, 0.2) is 11.6 Å². The van der Waals surface area contributed by atoms with Crippen molar-refractivity contribution in [1.29, 1.82) is 0 Å². The molecule has 0 radical (unpaired) electrons. The monoisotopic (exact) mass is 292 g/mol. The zero-order valence-electron chi connectivity index (χ0n) is 14.9. The average molecular weight is 293 g/mol. The van der Waals surface area contributed by atoms with Gasteiger partial charge in [0.15, 0.2) is 0 Å². The summed E-state index contributed by atoms with van der Waals surface area (Å²) in [5.74, 6) is 3.97. The number of hydrogen-bond acceptors (Lipinski definition) is 1. The van der Waals surface area contributed by atoms with Gasteiger partial charge in [0.05, 0.1) is 0 Å². The Balaban J connectivity index is 3.73. The standard InChI is InChI=1S/C20H36O/c1-7-20(6,21)16-10-15-19(5)14-9-13-18(4)12-8-11-17(2)3/h1,13,17,19,21H,8-12,14-16H2,2-6H3/b18-13-. The van der Waals surface area contributed by atoms with Crippen LogP contribution >= 0.6 is 0 Å². The zero-order chi connectivity index (χ0) is 16.3. The van der Waals surface area contributed by atoms with Crippen LogP contribution < -0.4 is 0 Å². The zero-order valence-corrected chi connectivity index (χ0v) is 14.9. The molecule has 1 heteroatoms. The summed E-state index contributed by atoms with van der Waals surface area (Å²) in [6.45, 7) is 10.9. The lowest BCUT2D eigenvalue weighted by atomic mass is 9.93. The first kappa shape index (κ1) is 20.3. The topological polar surface area (TPSA) is 20.2 Å². The van der Waals surface area contributed by atoms with Gasteiger partial charge in [-0.2, -0.15) is 0 Å². The fraction of sp³-hybridized carbons (Fsp3) is 0.800. The maximum atomic E-state index is 9.76. The molecule has 0 aliphatic carbocycles. The van der Waals surface area contributed by atoms with Gasteiger partial charge in [-0.1, -0.05) is 51.2 Å². The van der Waals surface area contributed by atoms with E-state index < -0.39 is 5.60 Å². The second-order valence-corrected chi connectivity index (χ2v) is 7.33. The van der Waals surface area contributed by atoms with Gasteiger partial charge in [0, 0.05) is 0 Å². The molecule has 1 nitrogen and oxygen atoms in total. The van der Waals surface area contributed by atoms with Gasteiger partial charge in [0.2, 0.25) is 0 Å². The molecule has 0 saturated carbocycles. The molecule has 0 aromatic heterocycles. The van der Waals surface area contributed by atoms with E-state index in [1.807, 2.05) is 0 Å². The number of rotatable bonds is 11. The summed E-state index contributed by atoms with van der Waals surface area (Å²) in [5, 5.41) is 9.76. The highest BCUT2D eigenvalue weighted by molar-refractivity contribution is 5.04. The third-order valence-corrected chi connectivity index (χ3v) is 4.18. The molecule has 0 aromatic carbocycles. The van der Waals surface area contributed by atoms with Crippen molar-refractivity contribution < 1.29 is 5.11 Å². The van der Waals surface area contributed by atoms with Crippen LogP contribution in [0.2, 0.25) is 0 Å². The Kier molecular flexibility index (Phi) is 10.5. The molecule has 0 spiro atoms. The molecule has 0 aliphatic rings. The van der Waals surface area contributed by atoms with Crippen molar-refractivity contribution in [2.75, 3.05) is 0 Å². The fourth-order valence-corrected chi connectivity index (χ4v) is 2.52. The van der Waals surface area contributed by atoms with Crippen molar-refractivity contribution in [3.8, 4) is 12.3 Å². The lowest BCUT2D eigenvalue weighted by molar-refractivity contribution is 0.107. The maximum Gasteiger partial charge on any atom is 0.122 e. The minimum atomic E-state index is -0.924. The highest BCUT2D eigenvalue weighted by atomic mass is 16.3. The van der Waals surface area contributed by atoms with Gasteiger partial charge in [0.25, 0.3) is 0 Å². The summed E-state index contributed by atoms with van der Waals surface area (Å²) in [6.07, 6.45) is 16.9. The molecule has 122 valence electrons. The van der Waals surface area contributed by atoms with Crippen LogP contribution in [0, 0.1) is 24.2 Å². The minimum absolute atomic E-state index is 0.706. The Morgan fingerprint density at radius 2 is 1.86 bits per heavy atom. The molecule has 0 bridgehead atoms. The summed E-state index contributed by atoms with van der Waals surface area (Å²) >= 11 is 0. The van der Waals surface area contributed by atoms with Gasteiger partial charge >= 0.3 is 0 Å². The second kappa shape index (κ2) is 10.9. The van der Waals surface area contributed by atoms with E-state index in [2.05, 4.69) is 39.7 Å². The molecule has 21 heavy (non-hydrogen) atoms. The Hall–Kier alpha value is -0.740. The average Bonchev–Trinajstić information content (AvgIpc) is 2.38. The predicted octanol–water partition coefficient (Wildman–Crippen LogP) is 5.73. The normalized spacial score (nSPS) is 16.6. The molecular weight excluding hydrogens is 256 g/mol. The van der Waals surface area contributed by atoms with Crippen molar-refractivity contribution in [1.82, 2.24) is 0 Å². The van der Waals surface area contributed by atoms with Crippen molar-refractivity contribution >= 4 is 0 Å². The quantitative estimate of drug-likeness (QED) is 0.381. The van der Waals surface area contributed by atoms with Crippen molar-refractivity contribution in [2.45, 2.75) is 91.6 Å². The first-order valence-electron chi connectivity index (χ1n) is 8.62. The van der Waals surface area contributed by atoms with Gasteiger partial charge in [-0.15, -0.1) is 6.42 Å². The van der Waals surface area contributed by atoms with Gasteiger partial charge in [-0.05, 0) is 64.2 Å². The molecule has 0 rings (SSSR count). The summed E-state index contributed by atoms with van der Waals surface area (Å²) in [5.41, 5.74) is 0.616. The minimum Gasteiger partial charge on any atom is -0.378 e. The third-order valence-electron chi connectivity index (χ3n) is 4.18. The molecular formula is C20H36O. The molecule has 0 saturated heterocycles. The smallest absolute Gasteiger partial charge is 0.122 e. The number of terminal acetylenes is 1. The molecule has 0 aromatic rings. The Bertz CT molecular complexity index is 330. The second-order valence-electron chi connectivity index (χ2n) is 7.33. The van der Waals surface area contributed by atoms with Gasteiger partial charge in [0.1, 0.15) is 5.60 Å². The summed E-state index contributed by atoms with van der Waals surface area (Å²) in [6, 6.07) is 0.